The standard InChI is InChI=1S/C14H14FN3O/c1-9(2)11-7-8-13(18-17-11)14(19)16-12-6-4-3-5-10(12)15/h3-9H,1-2H3,(H,16,19). The van der Waals surface area contributed by atoms with Gasteiger partial charge in [-0.05, 0) is 30.2 Å². The summed E-state index contributed by atoms with van der Waals surface area (Å²) in [4.78, 5) is 11.9. The summed E-state index contributed by atoms with van der Waals surface area (Å²) in [6, 6.07) is 9.30. The predicted octanol–water partition coefficient (Wildman–Crippen LogP) is 2.99. The average molecular weight is 259 g/mol. The first-order valence-corrected chi connectivity index (χ1v) is 5.97. The van der Waals surface area contributed by atoms with Crippen LogP contribution in [0.1, 0.15) is 35.9 Å². The molecule has 2 rings (SSSR count). The van der Waals surface area contributed by atoms with Gasteiger partial charge in [0, 0.05) is 0 Å². The minimum Gasteiger partial charge on any atom is -0.318 e. The highest BCUT2D eigenvalue weighted by Crippen LogP contribution is 2.14. The third-order valence-electron chi connectivity index (χ3n) is 2.63. The van der Waals surface area contributed by atoms with Crippen molar-refractivity contribution in [2.45, 2.75) is 19.8 Å². The Morgan fingerprint density at radius 1 is 1.16 bits per heavy atom. The van der Waals surface area contributed by atoms with E-state index in [2.05, 4.69) is 15.5 Å². The molecule has 0 saturated carbocycles. The number of aromatic nitrogens is 2. The molecule has 1 amide bonds. The molecule has 0 fully saturated rings. The molecule has 0 spiro atoms. The highest BCUT2D eigenvalue weighted by atomic mass is 19.1. The number of nitrogens with one attached hydrogen (secondary N) is 1. The second kappa shape index (κ2) is 5.56. The minimum atomic E-state index is -0.484. The van der Waals surface area contributed by atoms with E-state index in [0.29, 0.717) is 0 Å². The number of carbonyl (C=O) groups excluding carboxylic acids is 1. The number of nitrogens with zero attached hydrogens (tertiary/aromatic N) is 2. The topological polar surface area (TPSA) is 54.9 Å². The summed E-state index contributed by atoms with van der Waals surface area (Å²) in [7, 11) is 0. The molecule has 0 atom stereocenters. The molecule has 0 bridgehead atoms. The van der Waals surface area contributed by atoms with E-state index in [4.69, 9.17) is 0 Å². The van der Waals surface area contributed by atoms with Gasteiger partial charge in [-0.2, -0.15) is 5.10 Å². The number of carbonyl (C=O) groups is 1. The average Bonchev–Trinajstić information content (AvgIpc) is 2.41. The summed E-state index contributed by atoms with van der Waals surface area (Å²) >= 11 is 0. The number of para-hydroxylation sites is 1. The van der Waals surface area contributed by atoms with Gasteiger partial charge in [0.1, 0.15) is 5.82 Å². The second-order valence-corrected chi connectivity index (χ2v) is 4.43. The fourth-order valence-corrected chi connectivity index (χ4v) is 1.52. The van der Waals surface area contributed by atoms with Crippen LogP contribution in [0.5, 0.6) is 0 Å². The first kappa shape index (κ1) is 13.1. The lowest BCUT2D eigenvalue weighted by atomic mass is 10.1. The Morgan fingerprint density at radius 3 is 2.47 bits per heavy atom. The lowest BCUT2D eigenvalue weighted by Crippen LogP contribution is -2.15. The van der Waals surface area contributed by atoms with Gasteiger partial charge in [0.2, 0.25) is 0 Å². The fraction of sp³-hybridized carbons (Fsp3) is 0.214. The normalized spacial score (nSPS) is 10.5. The van der Waals surface area contributed by atoms with Crippen LogP contribution in [0.25, 0.3) is 0 Å². The zero-order chi connectivity index (χ0) is 13.8. The van der Waals surface area contributed by atoms with Gasteiger partial charge in [-0.1, -0.05) is 26.0 Å². The van der Waals surface area contributed by atoms with Crippen LogP contribution in [-0.2, 0) is 0 Å². The molecule has 5 heteroatoms. The summed E-state index contributed by atoms with van der Waals surface area (Å²) in [5.41, 5.74) is 1.09. The van der Waals surface area contributed by atoms with Crippen LogP contribution >= 0.6 is 0 Å². The SMILES string of the molecule is CC(C)c1ccc(C(=O)Nc2ccccc2F)nn1. The van der Waals surface area contributed by atoms with E-state index in [1.165, 1.54) is 12.1 Å². The van der Waals surface area contributed by atoms with E-state index in [0.717, 1.165) is 5.69 Å². The zero-order valence-corrected chi connectivity index (χ0v) is 10.7. The van der Waals surface area contributed by atoms with Crippen molar-refractivity contribution in [1.29, 1.82) is 0 Å². The summed E-state index contributed by atoms with van der Waals surface area (Å²) in [6.45, 7) is 3.98. The number of hydrogen-bond donors (Lipinski definition) is 1. The Hall–Kier alpha value is -2.30. The molecule has 1 N–H and O–H groups in total. The van der Waals surface area contributed by atoms with Gasteiger partial charge in [0.05, 0.1) is 11.4 Å². The smallest absolute Gasteiger partial charge is 0.276 e. The van der Waals surface area contributed by atoms with Crippen molar-refractivity contribution >= 4 is 11.6 Å². The van der Waals surface area contributed by atoms with Crippen molar-refractivity contribution in [1.82, 2.24) is 10.2 Å². The summed E-state index contributed by atoms with van der Waals surface area (Å²) in [6.07, 6.45) is 0. The second-order valence-electron chi connectivity index (χ2n) is 4.43. The van der Waals surface area contributed by atoms with Gasteiger partial charge in [-0.25, -0.2) is 4.39 Å². The van der Waals surface area contributed by atoms with E-state index in [1.54, 1.807) is 24.3 Å². The van der Waals surface area contributed by atoms with Gasteiger partial charge in [-0.3, -0.25) is 4.79 Å². The molecular formula is C14H14FN3O. The fourth-order valence-electron chi connectivity index (χ4n) is 1.52. The molecule has 1 heterocycles. The molecule has 1 aromatic heterocycles. The number of benzene rings is 1. The van der Waals surface area contributed by atoms with Crippen LogP contribution in [-0.4, -0.2) is 16.1 Å². The maximum atomic E-state index is 13.4. The van der Waals surface area contributed by atoms with Crippen LogP contribution < -0.4 is 5.32 Å². The highest BCUT2D eigenvalue weighted by molar-refractivity contribution is 6.02. The monoisotopic (exact) mass is 259 g/mol. The maximum Gasteiger partial charge on any atom is 0.276 e. The summed E-state index contributed by atoms with van der Waals surface area (Å²) in [5, 5.41) is 10.3. The minimum absolute atomic E-state index is 0.127. The Balaban J connectivity index is 2.14. The van der Waals surface area contributed by atoms with E-state index < -0.39 is 11.7 Å². The van der Waals surface area contributed by atoms with Crippen molar-refractivity contribution in [3.05, 3.63) is 53.6 Å². The molecule has 19 heavy (non-hydrogen) atoms. The Morgan fingerprint density at radius 2 is 1.89 bits per heavy atom. The third-order valence-corrected chi connectivity index (χ3v) is 2.63. The molecule has 0 unspecified atom stereocenters. The predicted molar refractivity (Wildman–Crippen MR) is 70.5 cm³/mol. The lowest BCUT2D eigenvalue weighted by Gasteiger charge is -2.06. The van der Waals surface area contributed by atoms with E-state index >= 15 is 0 Å². The molecule has 0 aliphatic rings. The Labute approximate surface area is 110 Å². The van der Waals surface area contributed by atoms with Crippen molar-refractivity contribution < 1.29 is 9.18 Å². The zero-order valence-electron chi connectivity index (χ0n) is 10.7. The number of amides is 1. The van der Waals surface area contributed by atoms with Crippen molar-refractivity contribution in [2.24, 2.45) is 0 Å². The van der Waals surface area contributed by atoms with Crippen LogP contribution in [0.4, 0.5) is 10.1 Å². The molecule has 1 aromatic carbocycles. The van der Waals surface area contributed by atoms with Crippen molar-refractivity contribution in [3.63, 3.8) is 0 Å². The highest BCUT2D eigenvalue weighted by Gasteiger charge is 2.11. The van der Waals surface area contributed by atoms with E-state index in [-0.39, 0.29) is 17.3 Å². The van der Waals surface area contributed by atoms with E-state index in [9.17, 15) is 9.18 Å². The van der Waals surface area contributed by atoms with Crippen LogP contribution in [0.15, 0.2) is 36.4 Å². The van der Waals surface area contributed by atoms with Gasteiger partial charge in [0.25, 0.3) is 5.91 Å². The summed E-state index contributed by atoms with van der Waals surface area (Å²) < 4.78 is 13.4. The third kappa shape index (κ3) is 3.13. The molecular weight excluding hydrogens is 245 g/mol. The van der Waals surface area contributed by atoms with Crippen LogP contribution in [0.2, 0.25) is 0 Å². The molecule has 98 valence electrons. The first-order valence-electron chi connectivity index (χ1n) is 5.97. The van der Waals surface area contributed by atoms with Crippen LogP contribution in [0, 0.1) is 5.82 Å². The molecule has 0 aliphatic carbocycles. The molecule has 0 saturated heterocycles. The van der Waals surface area contributed by atoms with Gasteiger partial charge in [-0.15, -0.1) is 5.10 Å². The van der Waals surface area contributed by atoms with Gasteiger partial charge < -0.3 is 5.32 Å². The molecule has 0 aliphatic heterocycles. The van der Waals surface area contributed by atoms with Crippen molar-refractivity contribution in [3.8, 4) is 0 Å². The molecule has 4 nitrogen and oxygen atoms in total. The van der Waals surface area contributed by atoms with Crippen molar-refractivity contribution in [2.75, 3.05) is 5.32 Å². The summed E-state index contributed by atoms with van der Waals surface area (Å²) in [5.74, 6) is -0.716. The molecule has 0 radical (unpaired) electrons. The van der Waals surface area contributed by atoms with Gasteiger partial charge >= 0.3 is 0 Å². The quantitative estimate of drug-likeness (QED) is 0.921. The number of anilines is 1. The largest absolute Gasteiger partial charge is 0.318 e. The number of rotatable bonds is 3. The number of halogens is 1. The van der Waals surface area contributed by atoms with E-state index in [1.807, 2.05) is 13.8 Å². The number of hydrogen-bond acceptors (Lipinski definition) is 3. The van der Waals surface area contributed by atoms with Crippen LogP contribution in [0.3, 0.4) is 0 Å². The first-order chi connectivity index (χ1) is 9.08. The Kier molecular flexibility index (Phi) is 3.85. The maximum absolute atomic E-state index is 13.4. The Bertz CT molecular complexity index is 581. The lowest BCUT2D eigenvalue weighted by molar-refractivity contribution is 0.102. The molecule has 2 aromatic rings. The van der Waals surface area contributed by atoms with Gasteiger partial charge in [0.15, 0.2) is 5.69 Å².